The summed E-state index contributed by atoms with van der Waals surface area (Å²) in [5.41, 5.74) is 6.88. The topological polar surface area (TPSA) is 37.6 Å². The van der Waals surface area contributed by atoms with Crippen LogP contribution < -0.4 is 24.8 Å². The monoisotopic (exact) mass is 552 g/mol. The molecule has 0 saturated carbocycles. The molecule has 0 N–H and O–H groups in total. The third-order valence-electron chi connectivity index (χ3n) is 5.06. The molecular weight excluding hydrogens is 517 g/mol. The third-order valence-corrected chi connectivity index (χ3v) is 5.19. The largest absolute Gasteiger partial charge is 1.00 e. The van der Waals surface area contributed by atoms with Crippen LogP contribution in [0.3, 0.4) is 0 Å². The fourth-order valence-corrected chi connectivity index (χ4v) is 3.53. The van der Waals surface area contributed by atoms with Crippen LogP contribution in [-0.2, 0) is 26.8 Å². The van der Waals surface area contributed by atoms with Crippen LogP contribution in [0.25, 0.3) is 0 Å². The van der Waals surface area contributed by atoms with E-state index in [1.54, 1.807) is 6.20 Å². The summed E-state index contributed by atoms with van der Waals surface area (Å²) in [6, 6.07) is 20.5. The number of hydrogen-bond donors (Lipinski definition) is 0. The Morgan fingerprint density at radius 3 is 1.54 bits per heavy atom. The average Bonchev–Trinajstić information content (AvgIpc) is 2.74. The molecule has 3 aromatic rings. The summed E-state index contributed by atoms with van der Waals surface area (Å²) in [4.78, 5) is 13.3. The molecule has 0 atom stereocenters. The first-order valence-electron chi connectivity index (χ1n) is 11.2. The summed E-state index contributed by atoms with van der Waals surface area (Å²) in [5.74, 6) is 0. The summed E-state index contributed by atoms with van der Waals surface area (Å²) in [6.45, 7) is 17.2. The first-order chi connectivity index (χ1) is 15.4. The van der Waals surface area contributed by atoms with Crippen LogP contribution in [0.1, 0.15) is 72.1 Å². The molecule has 1 aromatic heterocycles. The molecule has 35 heavy (non-hydrogen) atoms. The Morgan fingerprint density at radius 2 is 1.14 bits per heavy atom. The van der Waals surface area contributed by atoms with Gasteiger partial charge in [-0.15, -0.1) is 0 Å². The van der Waals surface area contributed by atoms with E-state index in [-0.39, 0.29) is 35.6 Å². The number of pyridine rings is 1. The second-order valence-corrected chi connectivity index (χ2v) is 10.9. The van der Waals surface area contributed by atoms with Crippen LogP contribution in [0.2, 0.25) is 0 Å². The molecule has 0 aliphatic heterocycles. The quantitative estimate of drug-likeness (QED) is 0.362. The molecule has 0 saturated heterocycles. The van der Waals surface area contributed by atoms with Gasteiger partial charge in [0.15, 0.2) is 0 Å². The Balaban J connectivity index is 0.000000652. The molecule has 0 spiro atoms. The first-order valence-corrected chi connectivity index (χ1v) is 11.8. The Hall–Kier alpha value is -1.97. The molecular formula is C29H36Cl2FeN3. The number of nitrogens with zero attached hydrogens (tertiary/aromatic N) is 3. The fourth-order valence-electron chi connectivity index (χ4n) is 3.40. The number of aromatic nitrogens is 1. The number of aliphatic imine (C=N–C) groups is 2. The van der Waals surface area contributed by atoms with Crippen molar-refractivity contribution in [2.75, 3.05) is 0 Å². The van der Waals surface area contributed by atoms with Crippen LogP contribution >= 0.6 is 0 Å². The van der Waals surface area contributed by atoms with Gasteiger partial charge in [0.1, 0.15) is 0 Å². The van der Waals surface area contributed by atoms with Crippen LogP contribution in [0.15, 0.2) is 83.0 Å². The molecule has 1 heterocycles. The van der Waals surface area contributed by atoms with Gasteiger partial charge in [-0.1, -0.05) is 45.0 Å². The zero-order valence-corrected chi connectivity index (χ0v) is 24.5. The number of halogens is 2. The van der Waals surface area contributed by atoms with E-state index in [9.17, 15) is 0 Å². The Labute approximate surface area is 232 Å². The zero-order valence-electron chi connectivity index (χ0n) is 21.9. The minimum Gasteiger partial charge on any atom is -1.00 e. The van der Waals surface area contributed by atoms with E-state index in [0.29, 0.717) is 0 Å². The van der Waals surface area contributed by atoms with Gasteiger partial charge in [0, 0.05) is 23.7 Å². The van der Waals surface area contributed by atoms with E-state index < -0.39 is 0 Å². The summed E-state index contributed by atoms with van der Waals surface area (Å²) >= 11 is 3.81. The van der Waals surface area contributed by atoms with E-state index >= 15 is 0 Å². The van der Waals surface area contributed by atoms with Gasteiger partial charge in [-0.05, 0) is 30.0 Å². The van der Waals surface area contributed by atoms with Gasteiger partial charge in [0.25, 0.3) is 0 Å². The van der Waals surface area contributed by atoms with E-state index in [2.05, 4.69) is 97.9 Å². The predicted molar refractivity (Wildman–Crippen MR) is 139 cm³/mol. The van der Waals surface area contributed by atoms with E-state index in [0.717, 1.165) is 27.3 Å². The fraction of sp³-hybridized carbons (Fsp3) is 0.345. The van der Waals surface area contributed by atoms with Crippen LogP contribution in [0.5, 0.6) is 0 Å². The van der Waals surface area contributed by atoms with Crippen molar-refractivity contribution in [3.05, 3.63) is 89.7 Å². The van der Waals surface area contributed by atoms with Crippen molar-refractivity contribution in [1.29, 1.82) is 0 Å². The summed E-state index contributed by atoms with van der Waals surface area (Å²) < 4.78 is 0.849. The Morgan fingerprint density at radius 1 is 0.686 bits per heavy atom. The zero-order chi connectivity index (χ0) is 24.6. The van der Waals surface area contributed by atoms with Crippen LogP contribution in [-0.4, -0.2) is 15.3 Å². The van der Waals surface area contributed by atoms with Gasteiger partial charge in [0.2, 0.25) is 0 Å². The molecule has 0 unspecified atom stereocenters. The third kappa shape index (κ3) is 10.7. The molecule has 3 rings (SSSR count). The molecule has 0 amide bonds. The molecule has 2 aromatic carbocycles. The minimum absolute atomic E-state index is 0. The molecule has 0 radical (unpaired) electrons. The van der Waals surface area contributed by atoms with E-state index in [1.807, 2.05) is 50.4 Å². The molecule has 3 nitrogen and oxygen atoms in total. The Kier molecular flexibility index (Phi) is 13.7. The summed E-state index contributed by atoms with van der Waals surface area (Å²) in [5, 5.41) is 0. The molecule has 0 fully saturated rings. The number of rotatable bonds is 3. The second kappa shape index (κ2) is 14.6. The van der Waals surface area contributed by atoms with Gasteiger partial charge in [-0.2, -0.15) is 0 Å². The second-order valence-electron chi connectivity index (χ2n) is 10.1. The smallest absolute Gasteiger partial charge is 1.00 e. The van der Waals surface area contributed by atoms with Crippen molar-refractivity contribution >= 4 is 21.7 Å². The number of para-hydroxylation sites is 2. The summed E-state index contributed by atoms with van der Waals surface area (Å²) in [6.07, 6.45) is 3.62. The van der Waals surface area contributed by atoms with E-state index in [4.69, 9.17) is 4.99 Å². The van der Waals surface area contributed by atoms with E-state index in [1.165, 1.54) is 11.1 Å². The first kappa shape index (κ1) is 33.0. The van der Waals surface area contributed by atoms with Crippen molar-refractivity contribution in [2.45, 2.75) is 66.2 Å². The Bertz CT molecular complexity index is 1110. The van der Waals surface area contributed by atoms with Gasteiger partial charge >= 0.3 is 94.2 Å². The normalized spacial score (nSPS) is 12.0. The molecule has 0 aliphatic carbocycles. The molecule has 6 heteroatoms. The number of benzene rings is 2. The maximum Gasteiger partial charge on any atom is -1.00 e. The summed E-state index contributed by atoms with van der Waals surface area (Å²) in [7, 11) is 0. The maximum absolute atomic E-state index is 4.77. The minimum atomic E-state index is 0. The van der Waals surface area contributed by atoms with Crippen LogP contribution in [0, 0.1) is 0 Å². The molecule has 0 aliphatic rings. The van der Waals surface area contributed by atoms with Crippen LogP contribution in [0.4, 0.5) is 11.4 Å². The average molecular weight is 553 g/mol. The van der Waals surface area contributed by atoms with Crippen molar-refractivity contribution < 1.29 is 40.8 Å². The van der Waals surface area contributed by atoms with Crippen molar-refractivity contribution in [3.63, 3.8) is 0 Å². The van der Waals surface area contributed by atoms with Gasteiger partial charge in [0.05, 0.1) is 5.69 Å². The van der Waals surface area contributed by atoms with Crippen molar-refractivity contribution in [2.24, 2.45) is 9.98 Å². The molecule has 0 bridgehead atoms. The number of hydrogen-bond acceptors (Lipinski definition) is 3. The maximum atomic E-state index is 4.77. The molecule has 189 valence electrons. The standard InChI is InChI=1S/C17H20N2.C12H16N.2ClH.Fe/c1-13(14-8-7-11-18-12-14)19-16-10-6-5-9-15(16)17(2,3)4;1-5-13-11-9-7-6-8-10(11)12(2,3)4;;;/h5-12H,1-4H3;6-9H,1-4H3;2*1H;/q;;;;+2/p-2. The SMILES string of the molecule is CC(=Nc1ccccc1C(C)(C)C)c1cccnc1.C[C]([Fe+2])=Nc1ccccc1C(C)(C)C.[Cl-].[Cl-]. The predicted octanol–water partition coefficient (Wildman–Crippen LogP) is 2.11. The van der Waals surface area contributed by atoms with Crippen molar-refractivity contribution in [1.82, 2.24) is 4.98 Å². The van der Waals surface area contributed by atoms with Gasteiger partial charge in [-0.25, -0.2) is 0 Å². The van der Waals surface area contributed by atoms with Gasteiger partial charge in [-0.3, -0.25) is 9.98 Å². The van der Waals surface area contributed by atoms with Gasteiger partial charge < -0.3 is 24.8 Å². The van der Waals surface area contributed by atoms with Crippen molar-refractivity contribution in [3.8, 4) is 0 Å².